The molecule has 1 aliphatic heterocycles. The number of sulfonamides is 1. The van der Waals surface area contributed by atoms with Crippen molar-refractivity contribution >= 4 is 50.1 Å². The Labute approximate surface area is 212 Å². The van der Waals surface area contributed by atoms with Gasteiger partial charge in [-0.3, -0.25) is 4.98 Å². The molecule has 186 valence electrons. The zero-order valence-electron chi connectivity index (χ0n) is 20.6. The minimum absolute atomic E-state index is 0.335. The van der Waals surface area contributed by atoms with E-state index in [1.165, 1.54) is 0 Å². The van der Waals surface area contributed by atoms with Gasteiger partial charge in [-0.2, -0.15) is 4.31 Å². The predicted molar refractivity (Wildman–Crippen MR) is 148 cm³/mol. The number of benzene rings is 2. The lowest BCUT2D eigenvalue weighted by molar-refractivity contribution is 0.346. The Bertz CT molecular complexity index is 1530. The standard InChI is InChI=1S/C28H31N5O2S/c1-19-23-14-15-30-27(23)13-12-26(19)32-28-24(20(2)31-18-25(28)29)11-8-21-6-9-22(10-7-21)36(34,35)33-16-4-3-5-17-33/h6-15,18,30H,3-5,16-17,29H2,1-2H3,(H,31,32)/b11-8+. The van der Waals surface area contributed by atoms with Gasteiger partial charge in [-0.15, -0.1) is 0 Å². The van der Waals surface area contributed by atoms with Crippen LogP contribution in [0.25, 0.3) is 23.1 Å². The van der Waals surface area contributed by atoms with Gasteiger partial charge in [-0.25, -0.2) is 8.42 Å². The molecule has 1 aliphatic rings. The summed E-state index contributed by atoms with van der Waals surface area (Å²) in [5.41, 5.74) is 13.5. The van der Waals surface area contributed by atoms with Crippen LogP contribution in [0.3, 0.4) is 0 Å². The number of aromatic amines is 1. The molecule has 0 amide bonds. The minimum atomic E-state index is -3.44. The second-order valence-electron chi connectivity index (χ2n) is 9.26. The quantitative estimate of drug-likeness (QED) is 0.307. The molecule has 4 N–H and O–H groups in total. The number of hydrogen-bond donors (Lipinski definition) is 3. The van der Waals surface area contributed by atoms with E-state index >= 15 is 0 Å². The van der Waals surface area contributed by atoms with Crippen LogP contribution in [-0.2, 0) is 10.0 Å². The van der Waals surface area contributed by atoms with Gasteiger partial charge in [0.15, 0.2) is 0 Å². The van der Waals surface area contributed by atoms with Crippen molar-refractivity contribution in [1.29, 1.82) is 0 Å². The number of aryl methyl sites for hydroxylation is 2. The van der Waals surface area contributed by atoms with E-state index in [1.54, 1.807) is 22.6 Å². The molecule has 0 atom stereocenters. The van der Waals surface area contributed by atoms with Crippen molar-refractivity contribution in [3.8, 4) is 0 Å². The zero-order valence-corrected chi connectivity index (χ0v) is 21.4. The lowest BCUT2D eigenvalue weighted by atomic mass is 10.1. The van der Waals surface area contributed by atoms with Crippen LogP contribution >= 0.6 is 0 Å². The van der Waals surface area contributed by atoms with Gasteiger partial charge in [0.1, 0.15) is 0 Å². The van der Waals surface area contributed by atoms with E-state index in [-0.39, 0.29) is 0 Å². The van der Waals surface area contributed by atoms with Crippen LogP contribution in [0.5, 0.6) is 0 Å². The monoisotopic (exact) mass is 501 g/mol. The Morgan fingerprint density at radius 3 is 2.50 bits per heavy atom. The smallest absolute Gasteiger partial charge is 0.243 e. The lowest BCUT2D eigenvalue weighted by Crippen LogP contribution is -2.35. The predicted octanol–water partition coefficient (Wildman–Crippen LogP) is 5.85. The summed E-state index contributed by atoms with van der Waals surface area (Å²) in [5, 5.41) is 4.67. The second kappa shape index (κ2) is 9.79. The molecule has 0 bridgehead atoms. The SMILES string of the molecule is Cc1ncc(N)c(Nc2ccc3[nH]ccc3c2C)c1/C=C/c1ccc(S(=O)(=O)N2CCCCC2)cc1. The molecule has 1 fully saturated rings. The topological polar surface area (TPSA) is 104 Å². The highest BCUT2D eigenvalue weighted by Crippen LogP contribution is 2.33. The Balaban J connectivity index is 1.42. The van der Waals surface area contributed by atoms with Crippen molar-refractivity contribution in [1.82, 2.24) is 14.3 Å². The number of H-pyrrole nitrogens is 1. The third-order valence-corrected chi connectivity index (χ3v) is 8.80. The number of hydrogen-bond acceptors (Lipinski definition) is 5. The molecule has 4 aromatic rings. The number of nitrogen functional groups attached to an aromatic ring is 1. The molecule has 1 saturated heterocycles. The summed E-state index contributed by atoms with van der Waals surface area (Å²) in [6, 6.07) is 13.2. The number of nitrogens with two attached hydrogens (primary N) is 1. The van der Waals surface area contributed by atoms with Crippen molar-refractivity contribution in [2.45, 2.75) is 38.0 Å². The normalized spacial score (nSPS) is 15.1. The molecule has 0 aliphatic carbocycles. The van der Waals surface area contributed by atoms with Crippen LogP contribution < -0.4 is 11.1 Å². The highest BCUT2D eigenvalue weighted by atomic mass is 32.2. The number of aromatic nitrogens is 2. The summed E-state index contributed by atoms with van der Waals surface area (Å²) in [4.78, 5) is 8.02. The summed E-state index contributed by atoms with van der Waals surface area (Å²) < 4.78 is 27.5. The Hall–Kier alpha value is -3.62. The van der Waals surface area contributed by atoms with Gasteiger partial charge in [-0.05, 0) is 68.1 Å². The lowest BCUT2D eigenvalue weighted by Gasteiger charge is -2.25. The molecule has 7 nitrogen and oxygen atoms in total. The second-order valence-corrected chi connectivity index (χ2v) is 11.2. The van der Waals surface area contributed by atoms with Gasteiger partial charge in [0.25, 0.3) is 0 Å². The molecule has 0 unspecified atom stereocenters. The van der Waals surface area contributed by atoms with Crippen molar-refractivity contribution < 1.29 is 8.42 Å². The fourth-order valence-electron chi connectivity index (χ4n) is 4.72. The van der Waals surface area contributed by atoms with Crippen LogP contribution in [-0.4, -0.2) is 35.8 Å². The molecule has 0 radical (unpaired) electrons. The van der Waals surface area contributed by atoms with E-state index in [9.17, 15) is 8.42 Å². The zero-order chi connectivity index (χ0) is 25.3. The first-order valence-corrected chi connectivity index (χ1v) is 13.7. The highest BCUT2D eigenvalue weighted by Gasteiger charge is 2.25. The van der Waals surface area contributed by atoms with Crippen LogP contribution in [0.2, 0.25) is 0 Å². The fraction of sp³-hybridized carbons (Fsp3) is 0.250. The third kappa shape index (κ3) is 4.62. The first kappa shape index (κ1) is 24.1. The largest absolute Gasteiger partial charge is 0.396 e. The van der Waals surface area contributed by atoms with Gasteiger partial charge in [0.05, 0.1) is 22.5 Å². The van der Waals surface area contributed by atoms with Crippen molar-refractivity contribution in [3.63, 3.8) is 0 Å². The molecular formula is C28H31N5O2S. The Morgan fingerprint density at radius 2 is 1.75 bits per heavy atom. The summed E-state index contributed by atoms with van der Waals surface area (Å²) in [7, 11) is -3.44. The minimum Gasteiger partial charge on any atom is -0.396 e. The first-order valence-electron chi connectivity index (χ1n) is 12.2. The maximum Gasteiger partial charge on any atom is 0.243 e. The molecule has 3 heterocycles. The van der Waals surface area contributed by atoms with E-state index in [4.69, 9.17) is 5.73 Å². The molecule has 2 aromatic carbocycles. The molecule has 5 rings (SSSR count). The summed E-state index contributed by atoms with van der Waals surface area (Å²) in [6.07, 6.45) is 10.5. The Kier molecular flexibility index (Phi) is 6.55. The number of piperidine rings is 1. The number of pyridine rings is 1. The van der Waals surface area contributed by atoms with E-state index in [0.29, 0.717) is 23.7 Å². The average molecular weight is 502 g/mol. The molecule has 0 saturated carbocycles. The third-order valence-electron chi connectivity index (χ3n) is 6.88. The molecule has 8 heteroatoms. The number of anilines is 3. The van der Waals surface area contributed by atoms with Crippen LogP contribution in [0.4, 0.5) is 17.1 Å². The average Bonchev–Trinajstić information content (AvgIpc) is 3.38. The van der Waals surface area contributed by atoms with E-state index in [2.05, 4.69) is 28.3 Å². The van der Waals surface area contributed by atoms with Gasteiger partial charge < -0.3 is 16.0 Å². The summed E-state index contributed by atoms with van der Waals surface area (Å²) in [5.74, 6) is 0. The maximum absolute atomic E-state index is 12.9. The van der Waals surface area contributed by atoms with Gasteiger partial charge in [-0.1, -0.05) is 30.7 Å². The number of fused-ring (bicyclic) bond motifs is 1. The van der Waals surface area contributed by atoms with E-state index < -0.39 is 10.0 Å². The molecular weight excluding hydrogens is 470 g/mol. The molecule has 2 aromatic heterocycles. The van der Waals surface area contributed by atoms with Crippen molar-refractivity contribution in [2.75, 3.05) is 24.1 Å². The fourth-order valence-corrected chi connectivity index (χ4v) is 6.24. The summed E-state index contributed by atoms with van der Waals surface area (Å²) >= 11 is 0. The van der Waals surface area contributed by atoms with E-state index in [1.807, 2.05) is 49.5 Å². The van der Waals surface area contributed by atoms with Gasteiger partial charge in [0, 0.05) is 47.1 Å². The van der Waals surface area contributed by atoms with Crippen molar-refractivity contribution in [3.05, 3.63) is 77.2 Å². The number of rotatable bonds is 6. The van der Waals surface area contributed by atoms with Gasteiger partial charge in [0.2, 0.25) is 10.0 Å². The van der Waals surface area contributed by atoms with Crippen LogP contribution in [0.15, 0.2) is 59.8 Å². The maximum atomic E-state index is 12.9. The number of nitrogens with one attached hydrogen (secondary N) is 2. The number of nitrogens with zero attached hydrogens (tertiary/aromatic N) is 2. The Morgan fingerprint density at radius 1 is 1.00 bits per heavy atom. The van der Waals surface area contributed by atoms with Gasteiger partial charge >= 0.3 is 0 Å². The first-order chi connectivity index (χ1) is 17.3. The molecule has 0 spiro atoms. The van der Waals surface area contributed by atoms with Crippen molar-refractivity contribution in [2.24, 2.45) is 0 Å². The van der Waals surface area contributed by atoms with E-state index in [0.717, 1.165) is 63.9 Å². The highest BCUT2D eigenvalue weighted by molar-refractivity contribution is 7.89. The molecule has 36 heavy (non-hydrogen) atoms. The summed E-state index contributed by atoms with van der Waals surface area (Å²) in [6.45, 7) is 5.22. The van der Waals surface area contributed by atoms with Crippen LogP contribution in [0, 0.1) is 13.8 Å². The van der Waals surface area contributed by atoms with Crippen LogP contribution in [0.1, 0.15) is 41.6 Å².